The number of rotatable bonds is 7. The van der Waals surface area contributed by atoms with Gasteiger partial charge in [0.05, 0.1) is 30.5 Å². The molecule has 0 saturated carbocycles. The lowest BCUT2D eigenvalue weighted by atomic mass is 9.94. The second kappa shape index (κ2) is 10.5. The number of ether oxygens (including phenoxy) is 2. The van der Waals surface area contributed by atoms with E-state index in [0.29, 0.717) is 34.7 Å². The highest BCUT2D eigenvalue weighted by Gasteiger charge is 2.48. The first kappa shape index (κ1) is 26.0. The van der Waals surface area contributed by atoms with Crippen LogP contribution in [0.3, 0.4) is 0 Å². The molecule has 1 aliphatic heterocycles. The molecule has 2 heterocycles. The molecular weight excluding hydrogens is 499 g/mol. The molecule has 192 valence electrons. The Kier molecular flexibility index (Phi) is 7.40. The number of Topliss-reactive ketones (excluding diaryl/α,β-unsaturated/α-hetero) is 1. The molecule has 0 unspecified atom stereocenters. The van der Waals surface area contributed by atoms with Crippen LogP contribution in [0, 0.1) is 19.7 Å². The zero-order valence-electron chi connectivity index (χ0n) is 20.7. The van der Waals surface area contributed by atoms with Gasteiger partial charge in [0.15, 0.2) is 5.13 Å². The molecule has 4 rings (SSSR count). The summed E-state index contributed by atoms with van der Waals surface area (Å²) in [6.45, 7) is 7.48. The van der Waals surface area contributed by atoms with E-state index in [0.717, 1.165) is 16.2 Å². The number of aromatic nitrogens is 1. The van der Waals surface area contributed by atoms with Crippen LogP contribution >= 0.6 is 11.3 Å². The molecule has 0 spiro atoms. The van der Waals surface area contributed by atoms with Gasteiger partial charge in [-0.25, -0.2) is 14.2 Å². The number of amides is 1. The predicted molar refractivity (Wildman–Crippen MR) is 136 cm³/mol. The van der Waals surface area contributed by atoms with Crippen molar-refractivity contribution in [2.24, 2.45) is 0 Å². The molecule has 1 N–H and O–H groups in total. The monoisotopic (exact) mass is 524 g/mol. The second-order valence-electron chi connectivity index (χ2n) is 8.26. The fourth-order valence-corrected chi connectivity index (χ4v) is 5.15. The summed E-state index contributed by atoms with van der Waals surface area (Å²) in [4.78, 5) is 44.7. The first-order valence-corrected chi connectivity index (χ1v) is 12.4. The zero-order chi connectivity index (χ0) is 26.9. The maximum Gasteiger partial charge on any atom is 0.350 e. The van der Waals surface area contributed by atoms with E-state index < -0.39 is 29.5 Å². The molecular formula is C27H25FN2O6S. The standard InChI is InChI=1S/C27H25FN2O6S/c1-5-35-18-11-12-19(14(3)13-18)22(31)20-21(16-7-9-17(28)10-8-16)30(25(33)23(20)32)27-29-15(4)24(37-27)26(34)36-6-2/h7-13,21,31H,5-6H2,1-4H3/t21-/m0/s1. The third-order valence-electron chi connectivity index (χ3n) is 5.85. The molecule has 1 saturated heterocycles. The summed E-state index contributed by atoms with van der Waals surface area (Å²) in [6, 6.07) is 9.16. The topological polar surface area (TPSA) is 106 Å². The molecule has 8 nitrogen and oxygen atoms in total. The van der Waals surface area contributed by atoms with Crippen LogP contribution in [0.25, 0.3) is 5.76 Å². The van der Waals surface area contributed by atoms with E-state index in [4.69, 9.17) is 9.47 Å². The minimum absolute atomic E-state index is 0.0828. The van der Waals surface area contributed by atoms with Crippen molar-refractivity contribution in [3.8, 4) is 5.75 Å². The minimum atomic E-state index is -1.10. The van der Waals surface area contributed by atoms with Gasteiger partial charge >= 0.3 is 11.9 Å². The van der Waals surface area contributed by atoms with E-state index in [1.807, 2.05) is 6.92 Å². The number of ketones is 1. The second-order valence-corrected chi connectivity index (χ2v) is 9.24. The van der Waals surface area contributed by atoms with E-state index in [1.54, 1.807) is 39.0 Å². The molecule has 37 heavy (non-hydrogen) atoms. The van der Waals surface area contributed by atoms with Gasteiger partial charge in [0.25, 0.3) is 5.78 Å². The Bertz CT molecular complexity index is 1410. The quantitative estimate of drug-likeness (QED) is 0.198. The van der Waals surface area contributed by atoms with Crippen molar-refractivity contribution < 1.29 is 33.4 Å². The van der Waals surface area contributed by atoms with Gasteiger partial charge in [-0.3, -0.25) is 14.5 Å². The summed E-state index contributed by atoms with van der Waals surface area (Å²) in [5, 5.41) is 11.4. The Morgan fingerprint density at radius 2 is 1.81 bits per heavy atom. The number of halogens is 1. The van der Waals surface area contributed by atoms with Gasteiger partial charge in [-0.05, 0) is 69.2 Å². The van der Waals surface area contributed by atoms with Crippen LogP contribution in [0.4, 0.5) is 9.52 Å². The van der Waals surface area contributed by atoms with Crippen molar-refractivity contribution in [1.82, 2.24) is 4.98 Å². The smallest absolute Gasteiger partial charge is 0.350 e. The number of hydrogen-bond acceptors (Lipinski definition) is 8. The maximum atomic E-state index is 13.8. The number of carbonyl (C=O) groups excluding carboxylic acids is 3. The van der Waals surface area contributed by atoms with Crippen LogP contribution < -0.4 is 9.64 Å². The van der Waals surface area contributed by atoms with Crippen LogP contribution in [-0.4, -0.2) is 41.0 Å². The minimum Gasteiger partial charge on any atom is -0.507 e. The number of carbonyl (C=O) groups is 3. The summed E-state index contributed by atoms with van der Waals surface area (Å²) < 4.78 is 24.3. The van der Waals surface area contributed by atoms with E-state index in [2.05, 4.69) is 4.98 Å². The van der Waals surface area contributed by atoms with Gasteiger partial charge in [0.2, 0.25) is 0 Å². The van der Waals surface area contributed by atoms with E-state index in [1.165, 1.54) is 24.3 Å². The average Bonchev–Trinajstić information content (AvgIpc) is 3.36. The number of benzene rings is 2. The van der Waals surface area contributed by atoms with Gasteiger partial charge in [-0.15, -0.1) is 0 Å². The van der Waals surface area contributed by atoms with Crippen LogP contribution in [0.1, 0.15) is 51.9 Å². The number of esters is 1. The summed E-state index contributed by atoms with van der Waals surface area (Å²) >= 11 is 0.905. The lowest BCUT2D eigenvalue weighted by Crippen LogP contribution is -2.29. The molecule has 10 heteroatoms. The fraction of sp³-hybridized carbons (Fsp3) is 0.259. The highest BCUT2D eigenvalue weighted by molar-refractivity contribution is 7.17. The average molecular weight is 525 g/mol. The predicted octanol–water partition coefficient (Wildman–Crippen LogP) is 5.10. The normalized spacial score (nSPS) is 16.8. The molecule has 1 aromatic heterocycles. The summed E-state index contributed by atoms with van der Waals surface area (Å²) in [5.74, 6) is -2.73. The Hall–Kier alpha value is -4.05. The highest BCUT2D eigenvalue weighted by atomic mass is 32.1. The van der Waals surface area contributed by atoms with Gasteiger partial charge in [0, 0.05) is 5.56 Å². The molecule has 0 radical (unpaired) electrons. The van der Waals surface area contributed by atoms with Crippen molar-refractivity contribution >= 4 is 39.9 Å². The van der Waals surface area contributed by atoms with Gasteiger partial charge in [-0.1, -0.05) is 23.5 Å². The third-order valence-corrected chi connectivity index (χ3v) is 6.98. The third kappa shape index (κ3) is 4.84. The van der Waals surface area contributed by atoms with Crippen molar-refractivity contribution in [3.05, 3.63) is 81.1 Å². The van der Waals surface area contributed by atoms with Gasteiger partial charge < -0.3 is 14.6 Å². The van der Waals surface area contributed by atoms with E-state index >= 15 is 0 Å². The Labute approximate surface area is 217 Å². The summed E-state index contributed by atoms with van der Waals surface area (Å²) in [5.41, 5.74) is 1.52. The van der Waals surface area contributed by atoms with Crippen LogP contribution in [0.15, 0.2) is 48.0 Å². The lowest BCUT2D eigenvalue weighted by Gasteiger charge is -2.23. The first-order valence-electron chi connectivity index (χ1n) is 11.6. The SMILES string of the molecule is CCOC(=O)c1sc(N2C(=O)C(=O)C(=C(O)c3ccc(OCC)cc3C)[C@@H]2c2ccc(F)cc2)nc1C. The molecule has 0 bridgehead atoms. The van der Waals surface area contributed by atoms with Gasteiger partial charge in [-0.2, -0.15) is 0 Å². The Morgan fingerprint density at radius 3 is 2.43 bits per heavy atom. The number of anilines is 1. The summed E-state index contributed by atoms with van der Waals surface area (Å²) in [6.07, 6.45) is 0. The number of aryl methyl sites for hydroxylation is 2. The van der Waals surface area contributed by atoms with E-state index in [-0.39, 0.29) is 27.9 Å². The number of aliphatic hydroxyl groups is 1. The van der Waals surface area contributed by atoms with Crippen LogP contribution in [0.2, 0.25) is 0 Å². The maximum absolute atomic E-state index is 13.8. The van der Waals surface area contributed by atoms with Crippen molar-refractivity contribution in [2.75, 3.05) is 18.1 Å². The molecule has 1 atom stereocenters. The van der Waals surface area contributed by atoms with Crippen molar-refractivity contribution in [2.45, 2.75) is 33.7 Å². The molecule has 1 fully saturated rings. The van der Waals surface area contributed by atoms with Crippen molar-refractivity contribution in [3.63, 3.8) is 0 Å². The van der Waals surface area contributed by atoms with Gasteiger partial charge in [0.1, 0.15) is 22.2 Å². The van der Waals surface area contributed by atoms with Crippen LogP contribution in [-0.2, 0) is 14.3 Å². The summed E-state index contributed by atoms with van der Waals surface area (Å²) in [7, 11) is 0. The zero-order valence-corrected chi connectivity index (χ0v) is 21.5. The Morgan fingerprint density at radius 1 is 1.11 bits per heavy atom. The number of aliphatic hydroxyl groups excluding tert-OH is 1. The number of hydrogen-bond donors (Lipinski definition) is 1. The molecule has 3 aromatic rings. The van der Waals surface area contributed by atoms with Crippen LogP contribution in [0.5, 0.6) is 5.75 Å². The number of nitrogens with zero attached hydrogens (tertiary/aromatic N) is 2. The Balaban J connectivity index is 1.90. The molecule has 1 aliphatic rings. The van der Waals surface area contributed by atoms with Crippen molar-refractivity contribution in [1.29, 1.82) is 0 Å². The lowest BCUT2D eigenvalue weighted by molar-refractivity contribution is -0.132. The molecule has 0 aliphatic carbocycles. The molecule has 1 amide bonds. The van der Waals surface area contributed by atoms with E-state index in [9.17, 15) is 23.9 Å². The first-order chi connectivity index (χ1) is 17.7. The highest BCUT2D eigenvalue weighted by Crippen LogP contribution is 2.44. The largest absolute Gasteiger partial charge is 0.507 e. The molecule has 2 aromatic carbocycles. The fourth-order valence-electron chi connectivity index (χ4n) is 4.16. The number of thiazole rings is 1.